The third-order valence-electron chi connectivity index (χ3n) is 1.37. The lowest BCUT2D eigenvalue weighted by atomic mass is 10.7. The van der Waals surface area contributed by atoms with Crippen molar-refractivity contribution in [1.82, 2.24) is 25.1 Å². The molecule has 2 heterocycles. The van der Waals surface area contributed by atoms with Crippen LogP contribution in [0.25, 0.3) is 0 Å². The monoisotopic (exact) mass is 227 g/mol. The molecular formula is C7H6ClN5S. The number of hydrogen-bond acceptors (Lipinski definition) is 5. The topological polar surface area (TPSA) is 67.3 Å². The molecule has 0 aliphatic heterocycles. The summed E-state index contributed by atoms with van der Waals surface area (Å²) in [5.41, 5.74) is 0. The SMILES string of the molecule is Cc1nc(Sc2ccnc(Cl)n2)n[nH]1. The number of aromatic amines is 1. The maximum Gasteiger partial charge on any atom is 0.223 e. The van der Waals surface area contributed by atoms with Crippen LogP contribution in [0.4, 0.5) is 0 Å². The van der Waals surface area contributed by atoms with Crippen LogP contribution in [-0.2, 0) is 0 Å². The third kappa shape index (κ3) is 2.21. The van der Waals surface area contributed by atoms with Crippen molar-refractivity contribution in [1.29, 1.82) is 0 Å². The first-order valence-corrected chi connectivity index (χ1v) is 4.99. The maximum absolute atomic E-state index is 5.63. The summed E-state index contributed by atoms with van der Waals surface area (Å²) in [7, 11) is 0. The van der Waals surface area contributed by atoms with E-state index in [1.54, 1.807) is 12.3 Å². The molecule has 5 nitrogen and oxygen atoms in total. The highest BCUT2D eigenvalue weighted by Crippen LogP contribution is 2.22. The summed E-state index contributed by atoms with van der Waals surface area (Å²) in [6.07, 6.45) is 1.59. The highest BCUT2D eigenvalue weighted by atomic mass is 35.5. The van der Waals surface area contributed by atoms with Crippen molar-refractivity contribution in [3.8, 4) is 0 Å². The standard InChI is InChI=1S/C7H6ClN5S/c1-4-10-7(13-12-4)14-5-2-3-9-6(8)11-5/h2-3H,1H3,(H,10,12,13). The van der Waals surface area contributed by atoms with Gasteiger partial charge in [-0.3, -0.25) is 5.10 Å². The van der Waals surface area contributed by atoms with Gasteiger partial charge in [-0.1, -0.05) is 0 Å². The van der Waals surface area contributed by atoms with Crippen LogP contribution in [0.15, 0.2) is 22.4 Å². The van der Waals surface area contributed by atoms with Crippen molar-refractivity contribution in [2.24, 2.45) is 0 Å². The number of H-pyrrole nitrogens is 1. The molecule has 0 radical (unpaired) electrons. The summed E-state index contributed by atoms with van der Waals surface area (Å²) in [5, 5.41) is 8.28. The molecular weight excluding hydrogens is 222 g/mol. The van der Waals surface area contributed by atoms with E-state index in [-0.39, 0.29) is 5.28 Å². The van der Waals surface area contributed by atoms with Gasteiger partial charge in [0.25, 0.3) is 0 Å². The molecule has 2 aromatic heterocycles. The van der Waals surface area contributed by atoms with Gasteiger partial charge < -0.3 is 0 Å². The second-order valence-electron chi connectivity index (χ2n) is 2.47. The van der Waals surface area contributed by atoms with E-state index in [1.807, 2.05) is 6.92 Å². The summed E-state index contributed by atoms with van der Waals surface area (Å²) in [6, 6.07) is 1.75. The molecule has 0 saturated carbocycles. The summed E-state index contributed by atoms with van der Waals surface area (Å²) in [4.78, 5) is 11.9. The fraction of sp³-hybridized carbons (Fsp3) is 0.143. The van der Waals surface area contributed by atoms with Crippen molar-refractivity contribution in [3.05, 3.63) is 23.4 Å². The smallest absolute Gasteiger partial charge is 0.223 e. The minimum atomic E-state index is 0.224. The minimum Gasteiger partial charge on any atom is -0.262 e. The number of nitrogens with one attached hydrogen (secondary N) is 1. The third-order valence-corrected chi connectivity index (χ3v) is 2.36. The Labute approximate surface area is 89.3 Å². The van der Waals surface area contributed by atoms with E-state index in [0.29, 0.717) is 5.16 Å². The first kappa shape index (κ1) is 9.42. The number of nitrogens with zero attached hydrogens (tertiary/aromatic N) is 4. The zero-order chi connectivity index (χ0) is 9.97. The Balaban J connectivity index is 2.18. The number of aromatic nitrogens is 5. The van der Waals surface area contributed by atoms with Crippen LogP contribution in [0, 0.1) is 6.92 Å². The van der Waals surface area contributed by atoms with Crippen molar-refractivity contribution >= 4 is 23.4 Å². The van der Waals surface area contributed by atoms with Gasteiger partial charge in [0.2, 0.25) is 10.4 Å². The molecule has 0 aliphatic carbocycles. The number of rotatable bonds is 2. The lowest BCUT2D eigenvalue weighted by Crippen LogP contribution is -1.84. The Morgan fingerprint density at radius 2 is 2.29 bits per heavy atom. The van der Waals surface area contributed by atoms with E-state index in [9.17, 15) is 0 Å². The summed E-state index contributed by atoms with van der Waals surface area (Å²) in [6.45, 7) is 1.84. The molecule has 0 aliphatic rings. The van der Waals surface area contributed by atoms with Crippen LogP contribution >= 0.6 is 23.4 Å². The molecule has 0 amide bonds. The molecule has 2 rings (SSSR count). The van der Waals surface area contributed by atoms with Gasteiger partial charge in [0.05, 0.1) is 0 Å². The van der Waals surface area contributed by atoms with Crippen LogP contribution in [0.2, 0.25) is 5.28 Å². The van der Waals surface area contributed by atoms with Crippen LogP contribution in [0.1, 0.15) is 5.82 Å². The average molecular weight is 228 g/mol. The normalized spacial score (nSPS) is 10.4. The molecule has 2 aromatic rings. The van der Waals surface area contributed by atoms with Gasteiger partial charge in [-0.05, 0) is 36.4 Å². The Kier molecular flexibility index (Phi) is 2.64. The zero-order valence-electron chi connectivity index (χ0n) is 7.23. The van der Waals surface area contributed by atoms with Gasteiger partial charge in [-0.15, -0.1) is 5.10 Å². The highest BCUT2D eigenvalue weighted by molar-refractivity contribution is 7.99. The van der Waals surface area contributed by atoms with E-state index in [2.05, 4.69) is 25.1 Å². The number of halogens is 1. The first-order chi connectivity index (χ1) is 6.74. The van der Waals surface area contributed by atoms with Crippen LogP contribution in [-0.4, -0.2) is 25.1 Å². The van der Waals surface area contributed by atoms with E-state index < -0.39 is 0 Å². The lowest BCUT2D eigenvalue weighted by molar-refractivity contribution is 0.960. The van der Waals surface area contributed by atoms with Crippen LogP contribution in [0.5, 0.6) is 0 Å². The highest BCUT2D eigenvalue weighted by Gasteiger charge is 2.04. The van der Waals surface area contributed by atoms with Crippen molar-refractivity contribution < 1.29 is 0 Å². The molecule has 0 saturated heterocycles. The summed E-state index contributed by atoms with van der Waals surface area (Å²) in [5.74, 6) is 0.771. The largest absolute Gasteiger partial charge is 0.262 e. The van der Waals surface area contributed by atoms with E-state index in [0.717, 1.165) is 10.9 Å². The molecule has 0 atom stereocenters. The van der Waals surface area contributed by atoms with Gasteiger partial charge in [-0.25, -0.2) is 15.0 Å². The Morgan fingerprint density at radius 3 is 2.93 bits per heavy atom. The van der Waals surface area contributed by atoms with Gasteiger partial charge in [0.1, 0.15) is 10.9 Å². The Hall–Kier alpha value is -1.14. The fourth-order valence-corrected chi connectivity index (χ4v) is 1.76. The quantitative estimate of drug-likeness (QED) is 0.625. The maximum atomic E-state index is 5.63. The van der Waals surface area contributed by atoms with Crippen molar-refractivity contribution in [3.63, 3.8) is 0 Å². The van der Waals surface area contributed by atoms with Crippen molar-refractivity contribution in [2.45, 2.75) is 17.1 Å². The van der Waals surface area contributed by atoms with E-state index in [4.69, 9.17) is 11.6 Å². The molecule has 0 unspecified atom stereocenters. The molecule has 0 spiro atoms. The van der Waals surface area contributed by atoms with Gasteiger partial charge >= 0.3 is 0 Å². The van der Waals surface area contributed by atoms with Gasteiger partial charge in [0, 0.05) is 6.20 Å². The van der Waals surface area contributed by atoms with Crippen LogP contribution in [0.3, 0.4) is 0 Å². The number of hydrogen-bond donors (Lipinski definition) is 1. The lowest BCUT2D eigenvalue weighted by Gasteiger charge is -1.94. The summed E-state index contributed by atoms with van der Waals surface area (Å²) < 4.78 is 0. The minimum absolute atomic E-state index is 0.224. The second-order valence-corrected chi connectivity index (χ2v) is 3.79. The second kappa shape index (κ2) is 3.93. The molecule has 0 aromatic carbocycles. The molecule has 1 N–H and O–H groups in total. The fourth-order valence-electron chi connectivity index (χ4n) is 0.838. The predicted molar refractivity (Wildman–Crippen MR) is 52.3 cm³/mol. The van der Waals surface area contributed by atoms with E-state index in [1.165, 1.54) is 11.8 Å². The number of aryl methyl sites for hydroxylation is 1. The average Bonchev–Trinajstić information content (AvgIpc) is 2.51. The molecule has 7 heteroatoms. The van der Waals surface area contributed by atoms with Crippen LogP contribution < -0.4 is 0 Å². The van der Waals surface area contributed by atoms with Crippen molar-refractivity contribution in [2.75, 3.05) is 0 Å². The zero-order valence-corrected chi connectivity index (χ0v) is 8.80. The van der Waals surface area contributed by atoms with Gasteiger partial charge in [0.15, 0.2) is 0 Å². The first-order valence-electron chi connectivity index (χ1n) is 3.79. The molecule has 14 heavy (non-hydrogen) atoms. The van der Waals surface area contributed by atoms with Gasteiger partial charge in [-0.2, -0.15) is 0 Å². The summed E-state index contributed by atoms with van der Waals surface area (Å²) >= 11 is 6.97. The Bertz CT molecular complexity index is 443. The Morgan fingerprint density at radius 1 is 1.43 bits per heavy atom. The molecule has 0 fully saturated rings. The molecule has 0 bridgehead atoms. The predicted octanol–water partition coefficient (Wildman–Crippen LogP) is 1.71. The molecule has 72 valence electrons. The van der Waals surface area contributed by atoms with E-state index >= 15 is 0 Å².